The van der Waals surface area contributed by atoms with Crippen molar-refractivity contribution < 1.29 is 0 Å². The van der Waals surface area contributed by atoms with Gasteiger partial charge in [0, 0.05) is 18.0 Å². The van der Waals surface area contributed by atoms with Gasteiger partial charge in [0.1, 0.15) is 5.15 Å². The van der Waals surface area contributed by atoms with Crippen molar-refractivity contribution in [3.63, 3.8) is 0 Å². The molecule has 1 aromatic carbocycles. The van der Waals surface area contributed by atoms with Crippen LogP contribution in [0.3, 0.4) is 0 Å². The molecule has 0 fully saturated rings. The SMILES string of the molecule is Cc1ccc2c(c1)c(C(C)C)c(Cl)n2C. The molecule has 0 bridgehead atoms. The van der Waals surface area contributed by atoms with Gasteiger partial charge in [-0.1, -0.05) is 37.1 Å². The number of halogens is 1. The lowest BCUT2D eigenvalue weighted by Crippen LogP contribution is -1.89. The molecule has 0 amide bonds. The average Bonchev–Trinajstić information content (AvgIpc) is 2.39. The van der Waals surface area contributed by atoms with Crippen molar-refractivity contribution >= 4 is 22.5 Å². The third-order valence-electron chi connectivity index (χ3n) is 2.90. The number of benzene rings is 1. The van der Waals surface area contributed by atoms with E-state index in [1.54, 1.807) is 0 Å². The number of hydrogen-bond acceptors (Lipinski definition) is 0. The van der Waals surface area contributed by atoms with Gasteiger partial charge in [-0.3, -0.25) is 0 Å². The molecule has 2 aromatic rings. The van der Waals surface area contributed by atoms with E-state index in [0.29, 0.717) is 5.92 Å². The van der Waals surface area contributed by atoms with Crippen LogP contribution in [0.5, 0.6) is 0 Å². The van der Waals surface area contributed by atoms with Crippen LogP contribution in [0.1, 0.15) is 30.9 Å². The Balaban J connectivity index is 2.88. The van der Waals surface area contributed by atoms with Crippen molar-refractivity contribution in [1.82, 2.24) is 4.57 Å². The van der Waals surface area contributed by atoms with Gasteiger partial charge in [0.15, 0.2) is 0 Å². The summed E-state index contributed by atoms with van der Waals surface area (Å²) in [5.74, 6) is 0.461. The molecule has 0 aliphatic carbocycles. The highest BCUT2D eigenvalue weighted by Gasteiger charge is 2.15. The van der Waals surface area contributed by atoms with E-state index >= 15 is 0 Å². The van der Waals surface area contributed by atoms with Crippen molar-refractivity contribution in [2.24, 2.45) is 7.05 Å². The zero-order valence-electron chi connectivity index (χ0n) is 9.63. The van der Waals surface area contributed by atoms with E-state index in [1.807, 2.05) is 7.05 Å². The number of hydrogen-bond donors (Lipinski definition) is 0. The zero-order chi connectivity index (χ0) is 11.2. The summed E-state index contributed by atoms with van der Waals surface area (Å²) in [7, 11) is 2.02. The predicted octanol–water partition coefficient (Wildman–Crippen LogP) is 4.26. The van der Waals surface area contributed by atoms with Crippen LogP contribution in [0.15, 0.2) is 18.2 Å². The van der Waals surface area contributed by atoms with E-state index in [2.05, 4.69) is 43.5 Å². The van der Waals surface area contributed by atoms with E-state index in [-0.39, 0.29) is 0 Å². The molecule has 0 N–H and O–H groups in total. The second-order valence-electron chi connectivity index (χ2n) is 4.44. The first kappa shape index (κ1) is 10.6. The number of nitrogens with zero attached hydrogens (tertiary/aromatic N) is 1. The molecule has 2 rings (SSSR count). The quantitative estimate of drug-likeness (QED) is 0.678. The summed E-state index contributed by atoms with van der Waals surface area (Å²) in [6, 6.07) is 6.49. The van der Waals surface area contributed by atoms with Gasteiger partial charge in [0.2, 0.25) is 0 Å². The summed E-state index contributed by atoms with van der Waals surface area (Å²) < 4.78 is 2.06. The Bertz CT molecular complexity index is 509. The minimum atomic E-state index is 0.461. The summed E-state index contributed by atoms with van der Waals surface area (Å²) in [6.45, 7) is 6.48. The fourth-order valence-corrected chi connectivity index (χ4v) is 2.52. The average molecular weight is 222 g/mol. The van der Waals surface area contributed by atoms with Gasteiger partial charge in [0.25, 0.3) is 0 Å². The first-order valence-corrected chi connectivity index (χ1v) is 5.64. The fraction of sp³-hybridized carbons (Fsp3) is 0.385. The van der Waals surface area contributed by atoms with Crippen LogP contribution in [-0.4, -0.2) is 4.57 Å². The molecule has 80 valence electrons. The highest BCUT2D eigenvalue weighted by Crippen LogP contribution is 2.34. The van der Waals surface area contributed by atoms with Crippen molar-refractivity contribution in [2.75, 3.05) is 0 Å². The lowest BCUT2D eigenvalue weighted by molar-refractivity contribution is 0.858. The van der Waals surface area contributed by atoms with Crippen LogP contribution >= 0.6 is 11.6 Å². The number of aryl methyl sites for hydroxylation is 2. The largest absolute Gasteiger partial charge is 0.335 e. The summed E-state index contributed by atoms with van der Waals surface area (Å²) in [5.41, 5.74) is 3.76. The molecule has 1 nitrogen and oxygen atoms in total. The van der Waals surface area contributed by atoms with E-state index in [9.17, 15) is 0 Å². The standard InChI is InChI=1S/C13H16ClN/c1-8(2)12-10-7-9(3)5-6-11(10)15(4)13(12)14/h5-8H,1-4H3. The molecule has 0 aliphatic rings. The van der Waals surface area contributed by atoms with Gasteiger partial charge in [-0.05, 0) is 30.5 Å². The molecule has 0 atom stereocenters. The smallest absolute Gasteiger partial charge is 0.113 e. The van der Waals surface area contributed by atoms with Gasteiger partial charge in [-0.2, -0.15) is 0 Å². The molecule has 0 spiro atoms. The Hall–Kier alpha value is -0.950. The molecule has 0 saturated heterocycles. The minimum absolute atomic E-state index is 0.461. The van der Waals surface area contributed by atoms with Crippen LogP contribution < -0.4 is 0 Å². The molecule has 0 saturated carbocycles. The molecule has 0 aliphatic heterocycles. The van der Waals surface area contributed by atoms with E-state index in [1.165, 1.54) is 22.0 Å². The highest BCUT2D eigenvalue weighted by molar-refractivity contribution is 6.32. The maximum atomic E-state index is 6.35. The van der Waals surface area contributed by atoms with Crippen molar-refractivity contribution in [1.29, 1.82) is 0 Å². The van der Waals surface area contributed by atoms with Crippen LogP contribution in [0.25, 0.3) is 10.9 Å². The van der Waals surface area contributed by atoms with E-state index in [4.69, 9.17) is 11.6 Å². The molecule has 1 heterocycles. The minimum Gasteiger partial charge on any atom is -0.335 e. The van der Waals surface area contributed by atoms with Gasteiger partial charge in [-0.25, -0.2) is 0 Å². The number of fused-ring (bicyclic) bond motifs is 1. The molecule has 2 heteroatoms. The van der Waals surface area contributed by atoms with Crippen LogP contribution in [-0.2, 0) is 7.05 Å². The van der Waals surface area contributed by atoms with Crippen molar-refractivity contribution in [2.45, 2.75) is 26.7 Å². The Morgan fingerprint density at radius 2 is 1.93 bits per heavy atom. The maximum absolute atomic E-state index is 6.35. The Kier molecular flexibility index (Phi) is 2.51. The molecule has 0 radical (unpaired) electrons. The van der Waals surface area contributed by atoms with Gasteiger partial charge >= 0.3 is 0 Å². The fourth-order valence-electron chi connectivity index (χ4n) is 2.10. The Morgan fingerprint density at radius 1 is 1.27 bits per heavy atom. The zero-order valence-corrected chi connectivity index (χ0v) is 10.4. The molecular weight excluding hydrogens is 206 g/mol. The van der Waals surface area contributed by atoms with E-state index < -0.39 is 0 Å². The highest BCUT2D eigenvalue weighted by atomic mass is 35.5. The van der Waals surface area contributed by atoms with E-state index in [0.717, 1.165) is 5.15 Å². The summed E-state index contributed by atoms with van der Waals surface area (Å²) >= 11 is 6.35. The first-order chi connectivity index (χ1) is 7.02. The van der Waals surface area contributed by atoms with Gasteiger partial charge in [-0.15, -0.1) is 0 Å². The predicted molar refractivity (Wildman–Crippen MR) is 66.8 cm³/mol. The first-order valence-electron chi connectivity index (χ1n) is 5.26. The Labute approximate surface area is 95.7 Å². The topological polar surface area (TPSA) is 4.93 Å². The summed E-state index contributed by atoms with van der Waals surface area (Å²) in [4.78, 5) is 0. The van der Waals surface area contributed by atoms with Gasteiger partial charge < -0.3 is 4.57 Å². The molecular formula is C13H16ClN. The lowest BCUT2D eigenvalue weighted by Gasteiger charge is -2.04. The number of aromatic nitrogens is 1. The maximum Gasteiger partial charge on any atom is 0.113 e. The third kappa shape index (κ3) is 1.55. The lowest BCUT2D eigenvalue weighted by atomic mass is 10.0. The summed E-state index contributed by atoms with van der Waals surface area (Å²) in [5, 5.41) is 2.16. The Morgan fingerprint density at radius 3 is 2.53 bits per heavy atom. The third-order valence-corrected chi connectivity index (χ3v) is 3.35. The number of rotatable bonds is 1. The van der Waals surface area contributed by atoms with Gasteiger partial charge in [0.05, 0.1) is 0 Å². The summed E-state index contributed by atoms with van der Waals surface area (Å²) in [6.07, 6.45) is 0. The van der Waals surface area contributed by atoms with Crippen LogP contribution in [0, 0.1) is 6.92 Å². The normalized spacial score (nSPS) is 11.6. The molecule has 15 heavy (non-hydrogen) atoms. The van der Waals surface area contributed by atoms with Crippen molar-refractivity contribution in [3.8, 4) is 0 Å². The van der Waals surface area contributed by atoms with Crippen LogP contribution in [0.2, 0.25) is 5.15 Å². The monoisotopic (exact) mass is 221 g/mol. The second-order valence-corrected chi connectivity index (χ2v) is 4.80. The van der Waals surface area contributed by atoms with Crippen molar-refractivity contribution in [3.05, 3.63) is 34.5 Å². The molecule has 0 unspecified atom stereocenters. The van der Waals surface area contributed by atoms with Crippen LogP contribution in [0.4, 0.5) is 0 Å². The second kappa shape index (κ2) is 3.57. The molecule has 1 aromatic heterocycles.